The Hall–Kier alpha value is 0.137. The molecule has 0 heterocycles. The lowest BCUT2D eigenvalue weighted by atomic mass is 10.2. The van der Waals surface area contributed by atoms with Gasteiger partial charge >= 0.3 is 0 Å². The normalized spacial score (nSPS) is 16.6. The third kappa shape index (κ3) is 2.29. The fourth-order valence-electron chi connectivity index (χ4n) is 0.728. The standard InChI is InChI=1S/C8H20O2Si/c1-8(2,3)11(4,5)7(10)6-9/h7,9-10H,6H2,1-5H3/t7-/m0/s1. The van der Waals surface area contributed by atoms with Crippen LogP contribution in [0.25, 0.3) is 0 Å². The van der Waals surface area contributed by atoms with Crippen molar-refractivity contribution in [1.29, 1.82) is 0 Å². The molecule has 0 aromatic heterocycles. The van der Waals surface area contributed by atoms with Gasteiger partial charge in [-0.1, -0.05) is 33.9 Å². The fourth-order valence-corrected chi connectivity index (χ4v) is 2.18. The summed E-state index contributed by atoms with van der Waals surface area (Å²) in [5, 5.41) is 18.5. The van der Waals surface area contributed by atoms with Gasteiger partial charge in [0.25, 0.3) is 0 Å². The summed E-state index contributed by atoms with van der Waals surface area (Å²) in [6, 6.07) is 0. The van der Waals surface area contributed by atoms with Crippen molar-refractivity contribution in [3.8, 4) is 0 Å². The molecule has 0 aliphatic carbocycles. The van der Waals surface area contributed by atoms with Crippen molar-refractivity contribution in [1.82, 2.24) is 0 Å². The predicted molar refractivity (Wildman–Crippen MR) is 50.3 cm³/mol. The van der Waals surface area contributed by atoms with Gasteiger partial charge in [-0.05, 0) is 5.04 Å². The van der Waals surface area contributed by atoms with E-state index in [0.29, 0.717) is 0 Å². The third-order valence-electron chi connectivity index (χ3n) is 2.94. The third-order valence-corrected chi connectivity index (χ3v) is 8.65. The Bertz CT molecular complexity index is 127. The second-order valence-electron chi connectivity index (χ2n) is 4.67. The molecule has 0 spiro atoms. The maximum Gasteiger partial charge on any atom is 0.0894 e. The van der Waals surface area contributed by atoms with Gasteiger partial charge < -0.3 is 10.2 Å². The van der Waals surface area contributed by atoms with Gasteiger partial charge in [0.15, 0.2) is 0 Å². The van der Waals surface area contributed by atoms with E-state index in [2.05, 4.69) is 33.9 Å². The maximum absolute atomic E-state index is 9.53. The van der Waals surface area contributed by atoms with Gasteiger partial charge in [-0.2, -0.15) is 0 Å². The molecule has 0 amide bonds. The summed E-state index contributed by atoms with van der Waals surface area (Å²) in [6.45, 7) is 10.5. The molecule has 3 heteroatoms. The van der Waals surface area contributed by atoms with Crippen molar-refractivity contribution in [3.63, 3.8) is 0 Å². The van der Waals surface area contributed by atoms with Crippen LogP contribution in [0, 0.1) is 0 Å². The van der Waals surface area contributed by atoms with Crippen molar-refractivity contribution < 1.29 is 10.2 Å². The molecule has 0 aromatic rings. The monoisotopic (exact) mass is 176 g/mol. The molecule has 68 valence electrons. The molecule has 0 saturated carbocycles. The van der Waals surface area contributed by atoms with Crippen LogP contribution in [0.1, 0.15) is 20.8 Å². The zero-order chi connectivity index (χ0) is 9.28. The second kappa shape index (κ2) is 3.25. The van der Waals surface area contributed by atoms with Crippen LogP contribution in [0.3, 0.4) is 0 Å². The molecule has 0 saturated heterocycles. The summed E-state index contributed by atoms with van der Waals surface area (Å²) >= 11 is 0. The highest BCUT2D eigenvalue weighted by Crippen LogP contribution is 2.37. The molecule has 11 heavy (non-hydrogen) atoms. The van der Waals surface area contributed by atoms with Crippen molar-refractivity contribution >= 4 is 8.07 Å². The molecular formula is C8H20O2Si. The molecule has 0 bridgehead atoms. The van der Waals surface area contributed by atoms with Gasteiger partial charge in [0.05, 0.1) is 20.4 Å². The summed E-state index contributed by atoms with van der Waals surface area (Å²) in [7, 11) is -1.70. The van der Waals surface area contributed by atoms with Crippen molar-refractivity contribution in [2.24, 2.45) is 0 Å². The minimum absolute atomic E-state index is 0.101. The second-order valence-corrected chi connectivity index (χ2v) is 10.3. The number of rotatable bonds is 2. The first-order valence-electron chi connectivity index (χ1n) is 4.02. The van der Waals surface area contributed by atoms with Crippen molar-refractivity contribution in [3.05, 3.63) is 0 Å². The van der Waals surface area contributed by atoms with E-state index in [0.717, 1.165) is 0 Å². The van der Waals surface area contributed by atoms with E-state index in [4.69, 9.17) is 5.11 Å². The van der Waals surface area contributed by atoms with E-state index in [1.807, 2.05) is 0 Å². The first-order valence-corrected chi connectivity index (χ1v) is 7.10. The van der Waals surface area contributed by atoms with Crippen LogP contribution in [-0.2, 0) is 0 Å². The molecule has 0 rings (SSSR count). The van der Waals surface area contributed by atoms with Gasteiger partial charge in [0.2, 0.25) is 0 Å². The zero-order valence-electron chi connectivity index (χ0n) is 8.18. The molecule has 0 unspecified atom stereocenters. The maximum atomic E-state index is 9.53. The van der Waals surface area contributed by atoms with Crippen LogP contribution < -0.4 is 0 Å². The van der Waals surface area contributed by atoms with Gasteiger partial charge in [0.1, 0.15) is 0 Å². The number of aliphatic hydroxyl groups excluding tert-OH is 2. The van der Waals surface area contributed by atoms with Gasteiger partial charge in [-0.25, -0.2) is 0 Å². The molecule has 0 radical (unpaired) electrons. The first kappa shape index (κ1) is 11.1. The minimum atomic E-state index is -1.70. The van der Waals surface area contributed by atoms with Crippen LogP contribution in [0.15, 0.2) is 0 Å². The lowest BCUT2D eigenvalue weighted by molar-refractivity contribution is 0.143. The Morgan fingerprint density at radius 3 is 1.73 bits per heavy atom. The van der Waals surface area contributed by atoms with E-state index in [1.54, 1.807) is 0 Å². The van der Waals surface area contributed by atoms with Crippen molar-refractivity contribution in [2.75, 3.05) is 6.61 Å². The lowest BCUT2D eigenvalue weighted by Gasteiger charge is -2.39. The predicted octanol–water partition coefficient (Wildman–Crippen LogP) is 1.39. The van der Waals surface area contributed by atoms with Crippen LogP contribution in [0.4, 0.5) is 0 Å². The Balaban J connectivity index is 4.45. The quantitative estimate of drug-likeness (QED) is 0.624. The van der Waals surface area contributed by atoms with Crippen molar-refractivity contribution in [2.45, 2.75) is 44.6 Å². The molecule has 2 N–H and O–H groups in total. The lowest BCUT2D eigenvalue weighted by Crippen LogP contribution is -2.51. The largest absolute Gasteiger partial charge is 0.394 e. The Labute approximate surface area is 70.3 Å². The van der Waals surface area contributed by atoms with Crippen LogP contribution >= 0.6 is 0 Å². The molecular weight excluding hydrogens is 156 g/mol. The minimum Gasteiger partial charge on any atom is -0.394 e. The zero-order valence-corrected chi connectivity index (χ0v) is 9.18. The summed E-state index contributed by atoms with van der Waals surface area (Å²) in [5.74, 6) is 0. The molecule has 0 aliphatic rings. The van der Waals surface area contributed by atoms with Crippen LogP contribution in [0.5, 0.6) is 0 Å². The Morgan fingerprint density at radius 2 is 1.64 bits per heavy atom. The van der Waals surface area contributed by atoms with Gasteiger partial charge in [-0.3, -0.25) is 0 Å². The van der Waals surface area contributed by atoms with Crippen LogP contribution in [0.2, 0.25) is 18.1 Å². The van der Waals surface area contributed by atoms with E-state index in [-0.39, 0.29) is 11.6 Å². The molecule has 2 nitrogen and oxygen atoms in total. The topological polar surface area (TPSA) is 40.5 Å². The Kier molecular flexibility index (Phi) is 3.29. The molecule has 0 aromatic carbocycles. The number of hydrogen-bond acceptors (Lipinski definition) is 2. The first-order chi connectivity index (χ1) is 4.73. The highest BCUT2D eigenvalue weighted by atomic mass is 28.3. The van der Waals surface area contributed by atoms with E-state index >= 15 is 0 Å². The number of hydrogen-bond donors (Lipinski definition) is 2. The number of aliphatic hydroxyl groups is 2. The SMILES string of the molecule is CC(C)(C)[Si](C)(C)[C@H](O)CO. The summed E-state index contributed by atoms with van der Waals surface area (Å²) < 4.78 is 0. The summed E-state index contributed by atoms with van der Waals surface area (Å²) in [5.41, 5.74) is -0.498. The average molecular weight is 176 g/mol. The van der Waals surface area contributed by atoms with E-state index < -0.39 is 13.8 Å². The highest BCUT2D eigenvalue weighted by Gasteiger charge is 2.41. The van der Waals surface area contributed by atoms with Crippen LogP contribution in [-0.4, -0.2) is 30.6 Å². The van der Waals surface area contributed by atoms with E-state index in [9.17, 15) is 5.11 Å². The van der Waals surface area contributed by atoms with Gasteiger partial charge in [-0.15, -0.1) is 0 Å². The molecule has 1 atom stereocenters. The van der Waals surface area contributed by atoms with Gasteiger partial charge in [0, 0.05) is 0 Å². The highest BCUT2D eigenvalue weighted by molar-refractivity contribution is 6.81. The molecule has 0 aliphatic heterocycles. The summed E-state index contributed by atoms with van der Waals surface area (Å²) in [6.07, 6.45) is 0. The summed E-state index contributed by atoms with van der Waals surface area (Å²) in [4.78, 5) is 0. The smallest absolute Gasteiger partial charge is 0.0894 e. The van der Waals surface area contributed by atoms with E-state index in [1.165, 1.54) is 0 Å². The Morgan fingerprint density at radius 1 is 1.27 bits per heavy atom. The fraction of sp³-hybridized carbons (Fsp3) is 1.00. The average Bonchev–Trinajstić information content (AvgIpc) is 1.83. The molecule has 0 fully saturated rings.